The molecule has 1 atom stereocenters. The fraction of sp³-hybridized carbons (Fsp3) is 0.417. The lowest BCUT2D eigenvalue weighted by Crippen LogP contribution is -2.11. The molecule has 4 heteroatoms. The van der Waals surface area contributed by atoms with Crippen LogP contribution in [0.5, 0.6) is 0 Å². The molecule has 1 aromatic rings. The van der Waals surface area contributed by atoms with Crippen molar-refractivity contribution >= 4 is 5.97 Å². The summed E-state index contributed by atoms with van der Waals surface area (Å²) in [6, 6.07) is 5.51. The van der Waals surface area contributed by atoms with Gasteiger partial charge in [0.2, 0.25) is 0 Å². The number of carbonyl (C=O) groups is 1. The van der Waals surface area contributed by atoms with Gasteiger partial charge >= 0.3 is 5.97 Å². The molecule has 2 N–H and O–H groups in total. The van der Waals surface area contributed by atoms with E-state index in [1.54, 1.807) is 0 Å². The second-order valence-corrected chi connectivity index (χ2v) is 3.66. The Labute approximate surface area is 93.5 Å². The molecule has 0 spiro atoms. The van der Waals surface area contributed by atoms with Gasteiger partial charge in [0, 0.05) is 6.61 Å². The highest BCUT2D eigenvalue weighted by Crippen LogP contribution is 2.22. The number of hydrogen-bond donors (Lipinski definition) is 2. The van der Waals surface area contributed by atoms with Crippen LogP contribution < -0.4 is 0 Å². The van der Waals surface area contributed by atoms with Crippen LogP contribution in [0.15, 0.2) is 24.3 Å². The Morgan fingerprint density at radius 2 is 1.88 bits per heavy atom. The highest BCUT2D eigenvalue weighted by molar-refractivity contribution is 5.75. The van der Waals surface area contributed by atoms with Crippen LogP contribution in [0.25, 0.3) is 0 Å². The molecule has 0 radical (unpaired) electrons. The summed E-state index contributed by atoms with van der Waals surface area (Å²) in [6.45, 7) is 0.0652. The quantitative estimate of drug-likeness (QED) is 0.731. The smallest absolute Gasteiger partial charge is 0.310 e. The maximum Gasteiger partial charge on any atom is 0.310 e. The van der Waals surface area contributed by atoms with E-state index in [-0.39, 0.29) is 12.4 Å². The standard InChI is InChI=1S/C12H15FO3/c13-10-6-4-9(5-7-10)11(12(15)16)3-1-2-8-14/h4-7,11,14H,1-3,8H2,(H,15,16). The van der Waals surface area contributed by atoms with Gasteiger partial charge in [-0.2, -0.15) is 0 Å². The number of unbranched alkanes of at least 4 members (excludes halogenated alkanes) is 1. The number of carboxylic acids is 1. The number of rotatable bonds is 6. The van der Waals surface area contributed by atoms with Gasteiger partial charge in [-0.3, -0.25) is 4.79 Å². The highest BCUT2D eigenvalue weighted by Gasteiger charge is 2.18. The number of benzene rings is 1. The molecule has 0 saturated carbocycles. The molecule has 3 nitrogen and oxygen atoms in total. The second kappa shape index (κ2) is 6.23. The minimum atomic E-state index is -0.912. The number of aliphatic hydroxyl groups is 1. The van der Waals surface area contributed by atoms with Crippen molar-refractivity contribution in [3.05, 3.63) is 35.6 Å². The van der Waals surface area contributed by atoms with Crippen molar-refractivity contribution in [3.8, 4) is 0 Å². The van der Waals surface area contributed by atoms with Gasteiger partial charge in [-0.15, -0.1) is 0 Å². The Morgan fingerprint density at radius 1 is 1.25 bits per heavy atom. The molecule has 1 unspecified atom stereocenters. The topological polar surface area (TPSA) is 57.5 Å². The molecule has 0 aliphatic heterocycles. The van der Waals surface area contributed by atoms with E-state index in [0.717, 1.165) is 0 Å². The summed E-state index contributed by atoms with van der Waals surface area (Å²) in [4.78, 5) is 11.0. The summed E-state index contributed by atoms with van der Waals surface area (Å²) in [6.07, 6.45) is 1.69. The molecule has 0 fully saturated rings. The van der Waals surface area contributed by atoms with Crippen LogP contribution in [0.1, 0.15) is 30.7 Å². The zero-order valence-electron chi connectivity index (χ0n) is 8.90. The number of hydrogen-bond acceptors (Lipinski definition) is 2. The van der Waals surface area contributed by atoms with Crippen LogP contribution in [0.4, 0.5) is 4.39 Å². The Morgan fingerprint density at radius 3 is 2.38 bits per heavy atom. The van der Waals surface area contributed by atoms with E-state index in [9.17, 15) is 9.18 Å². The van der Waals surface area contributed by atoms with Gasteiger partial charge in [0.05, 0.1) is 5.92 Å². The van der Waals surface area contributed by atoms with E-state index < -0.39 is 11.9 Å². The first-order valence-electron chi connectivity index (χ1n) is 5.24. The van der Waals surface area contributed by atoms with Gasteiger partial charge in [-0.1, -0.05) is 12.1 Å². The molecule has 0 saturated heterocycles. The fourth-order valence-electron chi connectivity index (χ4n) is 1.59. The van der Waals surface area contributed by atoms with Crippen molar-refractivity contribution in [2.75, 3.05) is 6.61 Å². The summed E-state index contributed by atoms with van der Waals surface area (Å²) >= 11 is 0. The van der Waals surface area contributed by atoms with E-state index in [2.05, 4.69) is 0 Å². The average molecular weight is 226 g/mol. The summed E-state index contributed by atoms with van der Waals surface area (Å²) in [5, 5.41) is 17.7. The zero-order valence-corrected chi connectivity index (χ0v) is 8.90. The number of halogens is 1. The summed E-state index contributed by atoms with van der Waals surface area (Å²) in [5.41, 5.74) is 0.604. The molecule has 0 aliphatic rings. The Hall–Kier alpha value is -1.42. The molecule has 0 aromatic heterocycles. The third-order valence-corrected chi connectivity index (χ3v) is 2.47. The van der Waals surface area contributed by atoms with E-state index in [1.807, 2.05) is 0 Å². The van der Waals surface area contributed by atoms with Crippen molar-refractivity contribution in [1.82, 2.24) is 0 Å². The molecule has 0 aliphatic carbocycles. The third kappa shape index (κ3) is 3.62. The van der Waals surface area contributed by atoms with Gasteiger partial charge in [0.1, 0.15) is 5.82 Å². The van der Waals surface area contributed by atoms with E-state index in [1.165, 1.54) is 24.3 Å². The Kier molecular flexibility index (Phi) is 4.92. The fourth-order valence-corrected chi connectivity index (χ4v) is 1.59. The summed E-state index contributed by atoms with van der Waals surface area (Å²) in [5.74, 6) is -1.90. The maximum atomic E-state index is 12.7. The first-order valence-corrected chi connectivity index (χ1v) is 5.24. The Balaban J connectivity index is 2.69. The minimum absolute atomic E-state index is 0.0652. The van der Waals surface area contributed by atoms with Gasteiger partial charge < -0.3 is 10.2 Å². The number of aliphatic carboxylic acids is 1. The van der Waals surface area contributed by atoms with Crippen molar-refractivity contribution < 1.29 is 19.4 Å². The largest absolute Gasteiger partial charge is 0.481 e. The minimum Gasteiger partial charge on any atom is -0.481 e. The number of carboxylic acid groups (broad SMARTS) is 1. The monoisotopic (exact) mass is 226 g/mol. The van der Waals surface area contributed by atoms with E-state index in [0.29, 0.717) is 24.8 Å². The lowest BCUT2D eigenvalue weighted by Gasteiger charge is -2.12. The molecule has 0 bridgehead atoms. The second-order valence-electron chi connectivity index (χ2n) is 3.66. The molecular weight excluding hydrogens is 211 g/mol. The molecule has 1 rings (SSSR count). The predicted octanol–water partition coefficient (Wildman–Crippen LogP) is 2.16. The van der Waals surface area contributed by atoms with Crippen molar-refractivity contribution in [1.29, 1.82) is 0 Å². The van der Waals surface area contributed by atoms with Crippen molar-refractivity contribution in [3.63, 3.8) is 0 Å². The van der Waals surface area contributed by atoms with Gasteiger partial charge in [0.25, 0.3) is 0 Å². The molecule has 16 heavy (non-hydrogen) atoms. The molecule has 1 aromatic carbocycles. The van der Waals surface area contributed by atoms with Crippen LogP contribution in [0.3, 0.4) is 0 Å². The first kappa shape index (κ1) is 12.6. The molecule has 0 amide bonds. The third-order valence-electron chi connectivity index (χ3n) is 2.47. The lowest BCUT2D eigenvalue weighted by molar-refractivity contribution is -0.139. The lowest BCUT2D eigenvalue weighted by atomic mass is 9.94. The van der Waals surface area contributed by atoms with Crippen LogP contribution in [0.2, 0.25) is 0 Å². The van der Waals surface area contributed by atoms with Gasteiger partial charge in [-0.05, 0) is 37.0 Å². The summed E-state index contributed by atoms with van der Waals surface area (Å²) in [7, 11) is 0. The van der Waals surface area contributed by atoms with E-state index in [4.69, 9.17) is 10.2 Å². The zero-order chi connectivity index (χ0) is 12.0. The normalized spacial score (nSPS) is 12.4. The Bertz CT molecular complexity index is 335. The van der Waals surface area contributed by atoms with Crippen LogP contribution in [0, 0.1) is 5.82 Å². The maximum absolute atomic E-state index is 12.7. The average Bonchev–Trinajstić information content (AvgIpc) is 2.26. The van der Waals surface area contributed by atoms with Crippen LogP contribution in [-0.2, 0) is 4.79 Å². The summed E-state index contributed by atoms with van der Waals surface area (Å²) < 4.78 is 12.7. The van der Waals surface area contributed by atoms with E-state index >= 15 is 0 Å². The SMILES string of the molecule is O=C(O)C(CCCCO)c1ccc(F)cc1. The molecule has 88 valence electrons. The first-order chi connectivity index (χ1) is 7.65. The van der Waals surface area contributed by atoms with Crippen molar-refractivity contribution in [2.45, 2.75) is 25.2 Å². The van der Waals surface area contributed by atoms with Gasteiger partial charge in [-0.25, -0.2) is 4.39 Å². The predicted molar refractivity (Wildman–Crippen MR) is 57.7 cm³/mol. The molecule has 0 heterocycles. The molecular formula is C12H15FO3. The van der Waals surface area contributed by atoms with Crippen molar-refractivity contribution in [2.24, 2.45) is 0 Å². The van der Waals surface area contributed by atoms with Gasteiger partial charge in [0.15, 0.2) is 0 Å². The van der Waals surface area contributed by atoms with Crippen LogP contribution >= 0.6 is 0 Å². The number of aliphatic hydroxyl groups excluding tert-OH is 1. The van der Waals surface area contributed by atoms with Crippen LogP contribution in [-0.4, -0.2) is 22.8 Å². The highest BCUT2D eigenvalue weighted by atomic mass is 19.1.